The van der Waals surface area contributed by atoms with Crippen LogP contribution in [0.2, 0.25) is 0 Å². The molecule has 0 unspecified atom stereocenters. The molecule has 0 aliphatic heterocycles. The van der Waals surface area contributed by atoms with Gasteiger partial charge in [-0.1, -0.05) is 12.1 Å². The van der Waals surface area contributed by atoms with Crippen molar-refractivity contribution in [3.8, 4) is 0 Å². The molecule has 0 fully saturated rings. The Morgan fingerprint density at radius 2 is 2.27 bits per heavy atom. The Labute approximate surface area is 86.6 Å². The van der Waals surface area contributed by atoms with Gasteiger partial charge in [-0.15, -0.1) is 0 Å². The maximum atomic E-state index is 10.8. The Bertz CT molecular complexity index is 413. The molecule has 0 aliphatic carbocycles. The fraction of sp³-hybridized carbons (Fsp3) is 0.100. The highest BCUT2D eigenvalue weighted by molar-refractivity contribution is 5.88. The zero-order chi connectivity index (χ0) is 11.3. The number of carbonyl (C=O) groups is 1. The van der Waals surface area contributed by atoms with Crippen molar-refractivity contribution in [2.24, 2.45) is 0 Å². The average Bonchev–Trinajstić information content (AvgIpc) is 2.14. The van der Waals surface area contributed by atoms with Crippen LogP contribution in [0.4, 0.5) is 5.69 Å². The minimum absolute atomic E-state index is 0.176. The molecule has 0 heterocycles. The topological polar surface area (TPSA) is 72.2 Å². The molecule has 0 saturated heterocycles. The van der Waals surface area contributed by atoms with Crippen molar-refractivity contribution < 1.29 is 9.72 Å². The molecular formula is C10H10N2O3. The van der Waals surface area contributed by atoms with Gasteiger partial charge in [0.2, 0.25) is 12.1 Å². The molecule has 5 heteroatoms. The number of hydrogen-bond acceptors (Lipinski definition) is 3. The van der Waals surface area contributed by atoms with Gasteiger partial charge in [0.05, 0.1) is 4.92 Å². The lowest BCUT2D eigenvalue weighted by molar-refractivity contribution is -0.400. The predicted molar refractivity (Wildman–Crippen MR) is 56.8 cm³/mol. The summed E-state index contributed by atoms with van der Waals surface area (Å²) < 4.78 is 0. The van der Waals surface area contributed by atoms with Crippen molar-refractivity contribution in [2.75, 3.05) is 5.32 Å². The van der Waals surface area contributed by atoms with Gasteiger partial charge in [-0.05, 0) is 17.7 Å². The van der Waals surface area contributed by atoms with Crippen LogP contribution in [0.1, 0.15) is 12.5 Å². The first-order chi connectivity index (χ1) is 7.08. The van der Waals surface area contributed by atoms with Crippen molar-refractivity contribution in [3.05, 3.63) is 46.1 Å². The number of anilines is 1. The number of amides is 1. The summed E-state index contributed by atoms with van der Waals surface area (Å²) >= 11 is 0. The minimum atomic E-state index is -0.537. The first kappa shape index (κ1) is 10.9. The quantitative estimate of drug-likeness (QED) is 0.606. The molecule has 0 atom stereocenters. The van der Waals surface area contributed by atoms with E-state index in [1.54, 1.807) is 24.3 Å². The van der Waals surface area contributed by atoms with E-state index < -0.39 is 4.92 Å². The van der Waals surface area contributed by atoms with Crippen LogP contribution in [0.5, 0.6) is 0 Å². The Hall–Kier alpha value is -2.17. The SMILES string of the molecule is CC(=O)Nc1cccc(/C=C/[N+](=O)[O-])c1. The van der Waals surface area contributed by atoms with Gasteiger partial charge in [0.25, 0.3) is 0 Å². The Kier molecular flexibility index (Phi) is 3.56. The molecule has 1 aromatic carbocycles. The van der Waals surface area contributed by atoms with Crippen LogP contribution < -0.4 is 5.32 Å². The summed E-state index contributed by atoms with van der Waals surface area (Å²) in [5.41, 5.74) is 1.28. The van der Waals surface area contributed by atoms with Crippen LogP contribution in [-0.2, 0) is 4.79 Å². The smallest absolute Gasteiger partial charge is 0.235 e. The number of nitrogens with zero attached hydrogens (tertiary/aromatic N) is 1. The fourth-order valence-electron chi connectivity index (χ4n) is 1.07. The monoisotopic (exact) mass is 206 g/mol. The average molecular weight is 206 g/mol. The van der Waals surface area contributed by atoms with Crippen molar-refractivity contribution in [2.45, 2.75) is 6.92 Å². The van der Waals surface area contributed by atoms with Crippen molar-refractivity contribution >= 4 is 17.7 Å². The van der Waals surface area contributed by atoms with Crippen LogP contribution in [0, 0.1) is 10.1 Å². The first-order valence-electron chi connectivity index (χ1n) is 4.27. The number of nitro groups is 1. The largest absolute Gasteiger partial charge is 0.326 e. The van der Waals surface area contributed by atoms with Gasteiger partial charge in [0.1, 0.15) is 0 Å². The van der Waals surface area contributed by atoms with Gasteiger partial charge in [0.15, 0.2) is 0 Å². The van der Waals surface area contributed by atoms with Crippen LogP contribution in [0.3, 0.4) is 0 Å². The summed E-state index contributed by atoms with van der Waals surface area (Å²) in [6, 6.07) is 6.79. The number of rotatable bonds is 3. The summed E-state index contributed by atoms with van der Waals surface area (Å²) in [4.78, 5) is 20.3. The Morgan fingerprint density at radius 3 is 2.87 bits per heavy atom. The molecule has 0 radical (unpaired) electrons. The van der Waals surface area contributed by atoms with Crippen molar-refractivity contribution in [1.29, 1.82) is 0 Å². The zero-order valence-corrected chi connectivity index (χ0v) is 8.14. The summed E-state index contributed by atoms with van der Waals surface area (Å²) in [6.45, 7) is 1.40. The number of nitrogens with one attached hydrogen (secondary N) is 1. The molecule has 1 rings (SSSR count). The van der Waals surface area contributed by atoms with Gasteiger partial charge >= 0.3 is 0 Å². The highest BCUT2D eigenvalue weighted by Gasteiger charge is 1.96. The first-order valence-corrected chi connectivity index (χ1v) is 4.27. The fourth-order valence-corrected chi connectivity index (χ4v) is 1.07. The molecule has 0 aliphatic rings. The van der Waals surface area contributed by atoms with E-state index in [2.05, 4.69) is 5.32 Å². The molecule has 78 valence electrons. The molecule has 15 heavy (non-hydrogen) atoms. The van der Waals surface area contributed by atoms with E-state index in [1.807, 2.05) is 0 Å². The van der Waals surface area contributed by atoms with E-state index in [0.29, 0.717) is 11.3 Å². The summed E-state index contributed by atoms with van der Waals surface area (Å²) in [5.74, 6) is -0.176. The molecular weight excluding hydrogens is 196 g/mol. The van der Waals surface area contributed by atoms with E-state index in [-0.39, 0.29) is 5.91 Å². The number of hydrogen-bond donors (Lipinski definition) is 1. The second-order valence-electron chi connectivity index (χ2n) is 2.91. The molecule has 1 amide bonds. The molecule has 0 saturated carbocycles. The lowest BCUT2D eigenvalue weighted by Gasteiger charge is -2.01. The second kappa shape index (κ2) is 4.90. The third kappa shape index (κ3) is 4.04. The summed E-state index contributed by atoms with van der Waals surface area (Å²) in [7, 11) is 0. The molecule has 5 nitrogen and oxygen atoms in total. The van der Waals surface area contributed by atoms with Gasteiger partial charge in [-0.25, -0.2) is 0 Å². The molecule has 1 N–H and O–H groups in total. The Morgan fingerprint density at radius 1 is 1.53 bits per heavy atom. The second-order valence-corrected chi connectivity index (χ2v) is 2.91. The highest BCUT2D eigenvalue weighted by Crippen LogP contribution is 2.11. The third-order valence-corrected chi connectivity index (χ3v) is 1.60. The van der Waals surface area contributed by atoms with Gasteiger partial charge in [0, 0.05) is 18.7 Å². The number of benzene rings is 1. The molecule has 1 aromatic rings. The van der Waals surface area contributed by atoms with Crippen molar-refractivity contribution in [3.63, 3.8) is 0 Å². The zero-order valence-electron chi connectivity index (χ0n) is 8.14. The van der Waals surface area contributed by atoms with Crippen LogP contribution in [-0.4, -0.2) is 10.8 Å². The predicted octanol–water partition coefficient (Wildman–Crippen LogP) is 1.89. The van der Waals surface area contributed by atoms with E-state index in [1.165, 1.54) is 13.0 Å². The van der Waals surface area contributed by atoms with Crippen molar-refractivity contribution in [1.82, 2.24) is 0 Å². The summed E-state index contributed by atoms with van der Waals surface area (Å²) in [6.07, 6.45) is 2.22. The standard InChI is InChI=1S/C10H10N2O3/c1-8(13)11-10-4-2-3-9(7-10)5-6-12(14)15/h2-7H,1H3,(H,11,13)/b6-5+. The normalized spacial score (nSPS) is 10.2. The lowest BCUT2D eigenvalue weighted by Crippen LogP contribution is -2.05. The van der Waals surface area contributed by atoms with E-state index in [9.17, 15) is 14.9 Å². The number of carbonyl (C=O) groups excluding carboxylic acids is 1. The van der Waals surface area contributed by atoms with Crippen LogP contribution in [0.15, 0.2) is 30.5 Å². The Balaban J connectivity index is 2.82. The van der Waals surface area contributed by atoms with E-state index in [0.717, 1.165) is 6.20 Å². The van der Waals surface area contributed by atoms with Gasteiger partial charge in [-0.3, -0.25) is 14.9 Å². The molecule has 0 bridgehead atoms. The van der Waals surface area contributed by atoms with Gasteiger partial charge < -0.3 is 5.32 Å². The lowest BCUT2D eigenvalue weighted by atomic mass is 10.2. The molecule has 0 aromatic heterocycles. The molecule has 0 spiro atoms. The van der Waals surface area contributed by atoms with E-state index >= 15 is 0 Å². The maximum absolute atomic E-state index is 10.8. The summed E-state index contributed by atoms with van der Waals surface area (Å²) in [5, 5.41) is 12.7. The minimum Gasteiger partial charge on any atom is -0.326 e. The highest BCUT2D eigenvalue weighted by atomic mass is 16.6. The maximum Gasteiger partial charge on any atom is 0.235 e. The van der Waals surface area contributed by atoms with Gasteiger partial charge in [-0.2, -0.15) is 0 Å². The third-order valence-electron chi connectivity index (χ3n) is 1.60. The van der Waals surface area contributed by atoms with Crippen LogP contribution in [0.25, 0.3) is 6.08 Å². The van der Waals surface area contributed by atoms with E-state index in [4.69, 9.17) is 0 Å². The van der Waals surface area contributed by atoms with Crippen LogP contribution >= 0.6 is 0 Å².